The lowest BCUT2D eigenvalue weighted by Crippen LogP contribution is -2.45. The smallest absolute Gasteiger partial charge is 0.179 e. The van der Waals surface area contributed by atoms with Gasteiger partial charge in [0.25, 0.3) is 0 Å². The van der Waals surface area contributed by atoms with Crippen molar-refractivity contribution in [3.63, 3.8) is 0 Å². The first-order chi connectivity index (χ1) is 14.5. The number of carbonyl (C=O) groups excluding carboxylic acids is 1. The van der Waals surface area contributed by atoms with E-state index in [0.717, 1.165) is 29.8 Å². The molecule has 1 aliphatic heterocycles. The van der Waals surface area contributed by atoms with Crippen molar-refractivity contribution in [3.05, 3.63) is 83.7 Å². The van der Waals surface area contributed by atoms with Crippen LogP contribution >= 0.6 is 0 Å². The number of nitrogens with zero attached hydrogens (tertiary/aromatic N) is 1. The summed E-state index contributed by atoms with van der Waals surface area (Å²) in [6, 6.07) is 20.4. The van der Waals surface area contributed by atoms with E-state index >= 15 is 0 Å². The summed E-state index contributed by atoms with van der Waals surface area (Å²) >= 11 is 0. The lowest BCUT2D eigenvalue weighted by atomic mass is 9.97. The minimum atomic E-state index is -0.270. The SMILES string of the molecule is Cc1ccc(-c2ccc(-c3ccc(C(=O)C(C)N4CCOCC4)cc3)c(F)c2)cc1. The fourth-order valence-electron chi connectivity index (χ4n) is 3.86. The summed E-state index contributed by atoms with van der Waals surface area (Å²) in [7, 11) is 0. The molecule has 4 heteroatoms. The first-order valence-corrected chi connectivity index (χ1v) is 10.4. The number of hydrogen-bond donors (Lipinski definition) is 0. The Kier molecular flexibility index (Phi) is 6.07. The standard InChI is InChI=1S/C26H26FNO2/c1-18-3-5-20(6-4-18)23-11-12-24(25(27)17-23)21-7-9-22(10-8-21)26(29)19(2)28-13-15-30-16-14-28/h3-12,17,19H,13-16H2,1-2H3. The van der Waals surface area contributed by atoms with Crippen LogP contribution in [-0.4, -0.2) is 43.0 Å². The van der Waals surface area contributed by atoms with Gasteiger partial charge in [0, 0.05) is 24.2 Å². The van der Waals surface area contributed by atoms with Crippen LogP contribution < -0.4 is 0 Å². The molecule has 4 rings (SSSR count). The fraction of sp³-hybridized carbons (Fsp3) is 0.269. The van der Waals surface area contributed by atoms with Crippen molar-refractivity contribution >= 4 is 5.78 Å². The van der Waals surface area contributed by atoms with Crippen LogP contribution in [0.5, 0.6) is 0 Å². The van der Waals surface area contributed by atoms with E-state index in [0.29, 0.717) is 24.3 Å². The average Bonchev–Trinajstić information content (AvgIpc) is 2.79. The van der Waals surface area contributed by atoms with E-state index in [-0.39, 0.29) is 17.6 Å². The van der Waals surface area contributed by atoms with Crippen molar-refractivity contribution in [2.24, 2.45) is 0 Å². The molecule has 1 fully saturated rings. The zero-order chi connectivity index (χ0) is 21.1. The fourth-order valence-corrected chi connectivity index (χ4v) is 3.86. The Morgan fingerprint density at radius 1 is 0.900 bits per heavy atom. The van der Waals surface area contributed by atoms with Gasteiger partial charge in [-0.05, 0) is 36.6 Å². The Labute approximate surface area is 177 Å². The van der Waals surface area contributed by atoms with Gasteiger partial charge in [0.05, 0.1) is 19.3 Å². The van der Waals surface area contributed by atoms with Crippen LogP contribution in [0.1, 0.15) is 22.8 Å². The van der Waals surface area contributed by atoms with E-state index in [1.54, 1.807) is 24.3 Å². The summed E-state index contributed by atoms with van der Waals surface area (Å²) in [5, 5.41) is 0. The van der Waals surface area contributed by atoms with Crippen LogP contribution in [0.25, 0.3) is 22.3 Å². The van der Waals surface area contributed by atoms with E-state index in [4.69, 9.17) is 4.74 Å². The van der Waals surface area contributed by atoms with Crippen LogP contribution in [0.15, 0.2) is 66.7 Å². The second-order valence-electron chi connectivity index (χ2n) is 7.83. The van der Waals surface area contributed by atoms with Crippen LogP contribution in [0.4, 0.5) is 4.39 Å². The van der Waals surface area contributed by atoms with Gasteiger partial charge >= 0.3 is 0 Å². The molecule has 0 spiro atoms. The van der Waals surface area contributed by atoms with Crippen molar-refractivity contribution in [2.75, 3.05) is 26.3 Å². The molecule has 3 aromatic carbocycles. The number of aryl methyl sites for hydroxylation is 1. The normalized spacial score (nSPS) is 15.7. The summed E-state index contributed by atoms with van der Waals surface area (Å²) in [4.78, 5) is 15.0. The average molecular weight is 403 g/mol. The highest BCUT2D eigenvalue weighted by atomic mass is 19.1. The molecule has 1 unspecified atom stereocenters. The Bertz CT molecular complexity index is 1020. The van der Waals surface area contributed by atoms with E-state index in [9.17, 15) is 9.18 Å². The molecule has 3 aromatic rings. The van der Waals surface area contributed by atoms with Crippen molar-refractivity contribution in [3.8, 4) is 22.3 Å². The topological polar surface area (TPSA) is 29.5 Å². The molecule has 0 aliphatic carbocycles. The van der Waals surface area contributed by atoms with E-state index < -0.39 is 0 Å². The van der Waals surface area contributed by atoms with Crippen molar-refractivity contribution in [2.45, 2.75) is 19.9 Å². The molecule has 0 bridgehead atoms. The monoisotopic (exact) mass is 403 g/mol. The third-order valence-corrected chi connectivity index (χ3v) is 5.81. The molecule has 154 valence electrons. The molecule has 0 aromatic heterocycles. The van der Waals surface area contributed by atoms with Crippen molar-refractivity contribution < 1.29 is 13.9 Å². The molecular weight excluding hydrogens is 377 g/mol. The summed E-state index contributed by atoms with van der Waals surface area (Å²) in [6.45, 7) is 6.82. The quantitative estimate of drug-likeness (QED) is 0.536. The van der Waals surface area contributed by atoms with Gasteiger partial charge in [0.15, 0.2) is 5.78 Å². The Morgan fingerprint density at radius 2 is 1.50 bits per heavy atom. The van der Waals surface area contributed by atoms with E-state index in [1.165, 1.54) is 5.56 Å². The third kappa shape index (κ3) is 4.35. The number of hydrogen-bond acceptors (Lipinski definition) is 3. The van der Waals surface area contributed by atoms with E-state index in [2.05, 4.69) is 4.90 Å². The summed E-state index contributed by atoms with van der Waals surface area (Å²) in [6.07, 6.45) is 0. The summed E-state index contributed by atoms with van der Waals surface area (Å²) < 4.78 is 20.2. The first kappa shape index (κ1) is 20.5. The van der Waals surface area contributed by atoms with Gasteiger partial charge in [-0.2, -0.15) is 0 Å². The van der Waals surface area contributed by atoms with Crippen LogP contribution in [0, 0.1) is 12.7 Å². The highest BCUT2D eigenvalue weighted by Crippen LogP contribution is 2.28. The maximum atomic E-state index is 14.8. The minimum absolute atomic E-state index is 0.0821. The number of morpholine rings is 1. The maximum absolute atomic E-state index is 14.8. The van der Waals surface area contributed by atoms with Crippen LogP contribution in [-0.2, 0) is 4.74 Å². The molecule has 1 aliphatic rings. The van der Waals surface area contributed by atoms with Gasteiger partial charge in [0.2, 0.25) is 0 Å². The molecular formula is C26H26FNO2. The number of halogens is 1. The van der Waals surface area contributed by atoms with Crippen LogP contribution in [0.2, 0.25) is 0 Å². The maximum Gasteiger partial charge on any atom is 0.179 e. The number of ketones is 1. The third-order valence-electron chi connectivity index (χ3n) is 5.81. The number of ether oxygens (including phenoxy) is 1. The number of benzene rings is 3. The van der Waals surface area contributed by atoms with Gasteiger partial charge in [-0.1, -0.05) is 66.2 Å². The second kappa shape index (κ2) is 8.90. The molecule has 1 atom stereocenters. The first-order valence-electron chi connectivity index (χ1n) is 10.4. The molecule has 0 N–H and O–H groups in total. The zero-order valence-electron chi connectivity index (χ0n) is 17.4. The zero-order valence-corrected chi connectivity index (χ0v) is 17.4. The largest absolute Gasteiger partial charge is 0.379 e. The molecule has 0 radical (unpaired) electrons. The molecule has 1 saturated heterocycles. The second-order valence-corrected chi connectivity index (χ2v) is 7.83. The highest BCUT2D eigenvalue weighted by Gasteiger charge is 2.24. The molecule has 0 saturated carbocycles. The predicted molar refractivity (Wildman–Crippen MR) is 118 cm³/mol. The Hall–Kier alpha value is -2.82. The molecule has 30 heavy (non-hydrogen) atoms. The molecule has 3 nitrogen and oxygen atoms in total. The van der Waals surface area contributed by atoms with Crippen molar-refractivity contribution in [1.29, 1.82) is 0 Å². The Morgan fingerprint density at radius 3 is 2.13 bits per heavy atom. The lowest BCUT2D eigenvalue weighted by molar-refractivity contribution is 0.0208. The van der Waals surface area contributed by atoms with Gasteiger partial charge < -0.3 is 4.74 Å². The predicted octanol–water partition coefficient (Wildman–Crippen LogP) is 5.37. The molecule has 0 amide bonds. The molecule has 1 heterocycles. The highest BCUT2D eigenvalue weighted by molar-refractivity contribution is 6.00. The van der Waals surface area contributed by atoms with Gasteiger partial charge in [-0.15, -0.1) is 0 Å². The van der Waals surface area contributed by atoms with E-state index in [1.807, 2.05) is 56.3 Å². The van der Waals surface area contributed by atoms with Crippen molar-refractivity contribution in [1.82, 2.24) is 4.90 Å². The number of carbonyl (C=O) groups is 1. The lowest BCUT2D eigenvalue weighted by Gasteiger charge is -2.31. The number of rotatable bonds is 5. The van der Waals surface area contributed by atoms with Crippen LogP contribution in [0.3, 0.4) is 0 Å². The summed E-state index contributed by atoms with van der Waals surface area (Å²) in [5.41, 5.74) is 4.96. The minimum Gasteiger partial charge on any atom is -0.379 e. The van der Waals surface area contributed by atoms with Gasteiger partial charge in [-0.25, -0.2) is 4.39 Å². The van der Waals surface area contributed by atoms with Gasteiger partial charge in [-0.3, -0.25) is 9.69 Å². The van der Waals surface area contributed by atoms with Gasteiger partial charge in [0.1, 0.15) is 5.82 Å². The summed E-state index contributed by atoms with van der Waals surface area (Å²) in [5.74, 6) is -0.188. The Balaban J connectivity index is 1.52. The number of Topliss-reactive ketones (excluding diaryl/α,β-unsaturated/α-hetero) is 1.